The highest BCUT2D eigenvalue weighted by molar-refractivity contribution is 5.89. The predicted molar refractivity (Wildman–Crippen MR) is 82.4 cm³/mol. The molecule has 1 N–H and O–H groups in total. The van der Waals surface area contributed by atoms with E-state index in [0.29, 0.717) is 5.56 Å². The van der Waals surface area contributed by atoms with Crippen LogP contribution in [-0.4, -0.2) is 53.6 Å². The maximum atomic E-state index is 11.3. The van der Waals surface area contributed by atoms with Crippen LogP contribution in [0.25, 0.3) is 0 Å². The topological polar surface area (TPSA) is 43.8 Å². The fourth-order valence-electron chi connectivity index (χ4n) is 3.98. The minimum atomic E-state index is -0.821. The lowest BCUT2D eigenvalue weighted by Gasteiger charge is -2.46. The van der Waals surface area contributed by atoms with Gasteiger partial charge in [0.05, 0.1) is 5.56 Å². The number of carboxylic acid groups (broad SMARTS) is 1. The second-order valence-corrected chi connectivity index (χ2v) is 6.44. The van der Waals surface area contributed by atoms with Gasteiger partial charge < -0.3 is 10.0 Å². The van der Waals surface area contributed by atoms with Gasteiger partial charge in [-0.3, -0.25) is 4.90 Å². The Morgan fingerprint density at radius 3 is 2.90 bits per heavy atom. The smallest absolute Gasteiger partial charge is 0.336 e. The fourth-order valence-corrected chi connectivity index (χ4v) is 3.98. The van der Waals surface area contributed by atoms with Crippen molar-refractivity contribution in [3.63, 3.8) is 0 Å². The standard InChI is InChI=1S/C17H24N2O2/c1-18-9-4-6-14-12-19(10-8-16(14)18)11-13-5-2-3-7-15(13)17(20)21/h2-3,5,7,14,16H,4,6,8-12H2,1H3,(H,20,21). The summed E-state index contributed by atoms with van der Waals surface area (Å²) in [6.07, 6.45) is 3.81. The minimum absolute atomic E-state index is 0.445. The van der Waals surface area contributed by atoms with E-state index < -0.39 is 5.97 Å². The van der Waals surface area contributed by atoms with Crippen LogP contribution < -0.4 is 0 Å². The highest BCUT2D eigenvalue weighted by Gasteiger charge is 2.34. The predicted octanol–water partition coefficient (Wildman–Crippen LogP) is 2.30. The number of aromatic carboxylic acids is 1. The van der Waals surface area contributed by atoms with Gasteiger partial charge in [-0.25, -0.2) is 4.79 Å². The fraction of sp³-hybridized carbons (Fsp3) is 0.588. The number of benzene rings is 1. The molecule has 21 heavy (non-hydrogen) atoms. The molecule has 2 unspecified atom stereocenters. The second-order valence-electron chi connectivity index (χ2n) is 6.44. The maximum Gasteiger partial charge on any atom is 0.336 e. The minimum Gasteiger partial charge on any atom is -0.478 e. The lowest BCUT2D eigenvalue weighted by atomic mass is 9.84. The van der Waals surface area contributed by atoms with Crippen LogP contribution in [0.4, 0.5) is 0 Å². The van der Waals surface area contributed by atoms with Crippen LogP contribution in [-0.2, 0) is 6.54 Å². The molecule has 4 nitrogen and oxygen atoms in total. The number of nitrogens with zero attached hydrogens (tertiary/aromatic N) is 2. The van der Waals surface area contributed by atoms with Crippen molar-refractivity contribution in [2.45, 2.75) is 31.8 Å². The monoisotopic (exact) mass is 288 g/mol. The number of hydrogen-bond acceptors (Lipinski definition) is 3. The number of carbonyl (C=O) groups is 1. The summed E-state index contributed by atoms with van der Waals surface area (Å²) in [5.41, 5.74) is 1.38. The first kappa shape index (κ1) is 14.5. The maximum absolute atomic E-state index is 11.3. The lowest BCUT2D eigenvalue weighted by molar-refractivity contribution is 0.0352. The first-order valence-electron chi connectivity index (χ1n) is 7.89. The van der Waals surface area contributed by atoms with Gasteiger partial charge >= 0.3 is 5.97 Å². The highest BCUT2D eigenvalue weighted by Crippen LogP contribution is 2.30. The number of rotatable bonds is 3. The molecule has 0 bridgehead atoms. The van der Waals surface area contributed by atoms with Gasteiger partial charge in [0.15, 0.2) is 0 Å². The zero-order chi connectivity index (χ0) is 14.8. The first-order valence-corrected chi connectivity index (χ1v) is 7.89. The Kier molecular flexibility index (Phi) is 4.27. The van der Waals surface area contributed by atoms with E-state index in [-0.39, 0.29) is 0 Å². The summed E-state index contributed by atoms with van der Waals surface area (Å²) in [6.45, 7) is 4.15. The van der Waals surface area contributed by atoms with E-state index in [4.69, 9.17) is 0 Å². The number of likely N-dealkylation sites (tertiary alicyclic amines) is 2. The Morgan fingerprint density at radius 1 is 1.29 bits per heavy atom. The molecular formula is C17H24N2O2. The van der Waals surface area contributed by atoms with E-state index in [2.05, 4.69) is 16.8 Å². The van der Waals surface area contributed by atoms with E-state index in [1.165, 1.54) is 25.8 Å². The van der Waals surface area contributed by atoms with Crippen LogP contribution in [0.15, 0.2) is 24.3 Å². The van der Waals surface area contributed by atoms with E-state index in [1.807, 2.05) is 12.1 Å². The molecule has 0 aliphatic carbocycles. The zero-order valence-electron chi connectivity index (χ0n) is 12.7. The lowest BCUT2D eigenvalue weighted by Crippen LogP contribution is -2.52. The normalized spacial score (nSPS) is 27.3. The SMILES string of the molecule is CN1CCCC2CN(Cc3ccccc3C(=O)O)CCC21. The van der Waals surface area contributed by atoms with E-state index in [0.717, 1.165) is 37.2 Å². The Bertz CT molecular complexity index is 517. The molecule has 2 saturated heterocycles. The van der Waals surface area contributed by atoms with Crippen LogP contribution in [0, 0.1) is 5.92 Å². The van der Waals surface area contributed by atoms with Crippen molar-refractivity contribution in [1.29, 1.82) is 0 Å². The summed E-state index contributed by atoms with van der Waals surface area (Å²) in [6, 6.07) is 8.12. The number of fused-ring (bicyclic) bond motifs is 1. The molecule has 1 aromatic rings. The number of carboxylic acids is 1. The van der Waals surface area contributed by atoms with E-state index in [1.54, 1.807) is 12.1 Å². The summed E-state index contributed by atoms with van der Waals surface area (Å²) in [7, 11) is 2.24. The molecule has 2 heterocycles. The second kappa shape index (κ2) is 6.16. The van der Waals surface area contributed by atoms with Crippen LogP contribution in [0.1, 0.15) is 35.2 Å². The van der Waals surface area contributed by atoms with Crippen molar-refractivity contribution in [3.05, 3.63) is 35.4 Å². The number of hydrogen-bond donors (Lipinski definition) is 1. The quantitative estimate of drug-likeness (QED) is 0.927. The van der Waals surface area contributed by atoms with E-state index >= 15 is 0 Å². The third-order valence-corrected chi connectivity index (χ3v) is 5.07. The molecule has 0 spiro atoms. The summed E-state index contributed by atoms with van der Waals surface area (Å²) in [5.74, 6) is -0.0765. The average Bonchev–Trinajstić information content (AvgIpc) is 2.48. The van der Waals surface area contributed by atoms with E-state index in [9.17, 15) is 9.90 Å². The molecular weight excluding hydrogens is 264 g/mol. The zero-order valence-corrected chi connectivity index (χ0v) is 12.7. The van der Waals surface area contributed by atoms with Gasteiger partial charge in [0.1, 0.15) is 0 Å². The van der Waals surface area contributed by atoms with Gasteiger partial charge in [-0.1, -0.05) is 18.2 Å². The summed E-state index contributed by atoms with van der Waals surface area (Å²) in [4.78, 5) is 16.3. The first-order chi connectivity index (χ1) is 10.1. The summed E-state index contributed by atoms with van der Waals surface area (Å²) >= 11 is 0. The molecule has 2 aliphatic heterocycles. The molecule has 2 aliphatic rings. The van der Waals surface area contributed by atoms with Crippen LogP contribution in [0.3, 0.4) is 0 Å². The number of piperidine rings is 2. The molecule has 0 amide bonds. The van der Waals surface area contributed by atoms with Crippen LogP contribution >= 0.6 is 0 Å². The average molecular weight is 288 g/mol. The van der Waals surface area contributed by atoms with Crippen LogP contribution in [0.2, 0.25) is 0 Å². The van der Waals surface area contributed by atoms with Gasteiger partial charge in [-0.2, -0.15) is 0 Å². The van der Waals surface area contributed by atoms with Crippen molar-refractivity contribution in [2.24, 2.45) is 5.92 Å². The Labute approximate surface area is 126 Å². The largest absolute Gasteiger partial charge is 0.478 e. The Hall–Kier alpha value is -1.39. The summed E-state index contributed by atoms with van der Waals surface area (Å²) < 4.78 is 0. The van der Waals surface area contributed by atoms with Crippen molar-refractivity contribution in [1.82, 2.24) is 9.80 Å². The molecule has 3 rings (SSSR count). The molecule has 0 aromatic heterocycles. The van der Waals surface area contributed by atoms with Crippen molar-refractivity contribution in [2.75, 3.05) is 26.7 Å². The highest BCUT2D eigenvalue weighted by atomic mass is 16.4. The third-order valence-electron chi connectivity index (χ3n) is 5.07. The van der Waals surface area contributed by atoms with Gasteiger partial charge in [0.25, 0.3) is 0 Å². The third kappa shape index (κ3) is 3.11. The van der Waals surface area contributed by atoms with Gasteiger partial charge in [0.2, 0.25) is 0 Å². The van der Waals surface area contributed by atoms with Gasteiger partial charge in [0, 0.05) is 19.1 Å². The molecule has 2 fully saturated rings. The van der Waals surface area contributed by atoms with Crippen molar-refractivity contribution >= 4 is 5.97 Å². The molecule has 0 radical (unpaired) electrons. The molecule has 4 heteroatoms. The van der Waals surface area contributed by atoms with Crippen molar-refractivity contribution in [3.8, 4) is 0 Å². The van der Waals surface area contributed by atoms with Gasteiger partial charge in [-0.15, -0.1) is 0 Å². The van der Waals surface area contributed by atoms with Crippen LogP contribution in [0.5, 0.6) is 0 Å². The van der Waals surface area contributed by atoms with Crippen molar-refractivity contribution < 1.29 is 9.90 Å². The molecule has 1 aromatic carbocycles. The molecule has 0 saturated carbocycles. The Morgan fingerprint density at radius 2 is 2.10 bits per heavy atom. The molecule has 114 valence electrons. The molecule has 2 atom stereocenters. The van der Waals surface area contributed by atoms with Gasteiger partial charge in [-0.05, 0) is 56.9 Å². The Balaban J connectivity index is 1.68. The summed E-state index contributed by atoms with van der Waals surface area (Å²) in [5, 5.41) is 9.29.